The number of thiazole rings is 1. The highest BCUT2D eigenvalue weighted by Crippen LogP contribution is 2.43. The number of rotatable bonds is 3. The molecule has 1 aliphatic rings. The van der Waals surface area contributed by atoms with Gasteiger partial charge in [-0.3, -0.25) is 24.6 Å². The Morgan fingerprint density at radius 3 is 2.61 bits per heavy atom. The maximum atomic E-state index is 13.4. The van der Waals surface area contributed by atoms with Crippen molar-refractivity contribution in [2.75, 3.05) is 4.90 Å². The van der Waals surface area contributed by atoms with Gasteiger partial charge < -0.3 is 4.42 Å². The largest absolute Gasteiger partial charge is 0.450 e. The van der Waals surface area contributed by atoms with Crippen LogP contribution in [0.4, 0.5) is 10.8 Å². The minimum atomic E-state index is -0.881. The number of hydrogen-bond donors (Lipinski definition) is 0. The molecule has 31 heavy (non-hydrogen) atoms. The lowest BCUT2D eigenvalue weighted by molar-refractivity contribution is -0.384. The van der Waals surface area contributed by atoms with Gasteiger partial charge in [-0.05, 0) is 31.5 Å². The Balaban J connectivity index is 1.82. The molecule has 2 aromatic heterocycles. The molecule has 0 fully saturated rings. The first-order valence-electron chi connectivity index (χ1n) is 9.44. The van der Waals surface area contributed by atoms with E-state index in [0.717, 1.165) is 10.6 Å². The maximum absolute atomic E-state index is 13.4. The molecule has 0 aliphatic carbocycles. The van der Waals surface area contributed by atoms with Crippen LogP contribution in [0.3, 0.4) is 0 Å². The minimum absolute atomic E-state index is 0.0642. The van der Waals surface area contributed by atoms with Gasteiger partial charge in [0.25, 0.3) is 11.6 Å². The van der Waals surface area contributed by atoms with E-state index in [9.17, 15) is 19.7 Å². The van der Waals surface area contributed by atoms with Gasteiger partial charge in [-0.2, -0.15) is 0 Å². The van der Waals surface area contributed by atoms with Gasteiger partial charge in [0.15, 0.2) is 10.6 Å². The number of fused-ring (bicyclic) bond motifs is 2. The molecule has 2 aromatic carbocycles. The molecule has 0 N–H and O–H groups in total. The zero-order valence-corrected chi connectivity index (χ0v) is 17.3. The number of anilines is 1. The molecule has 3 heterocycles. The zero-order valence-electron chi connectivity index (χ0n) is 16.5. The fourth-order valence-corrected chi connectivity index (χ4v) is 4.74. The van der Waals surface area contributed by atoms with Gasteiger partial charge in [-0.15, -0.1) is 11.3 Å². The lowest BCUT2D eigenvalue weighted by Crippen LogP contribution is -2.29. The van der Waals surface area contributed by atoms with E-state index >= 15 is 0 Å². The van der Waals surface area contributed by atoms with Crippen LogP contribution in [0.25, 0.3) is 11.0 Å². The molecule has 0 saturated heterocycles. The lowest BCUT2D eigenvalue weighted by atomic mass is 9.98. The topological polar surface area (TPSA) is 107 Å². The SMILES string of the molecule is Cc1nc(N2C(=O)c3oc4ccccc4c(=O)c3C2c2cccc([N+](=O)[O-])c2)sc1C. The van der Waals surface area contributed by atoms with Gasteiger partial charge in [0.05, 0.1) is 27.6 Å². The molecule has 1 unspecified atom stereocenters. The molecule has 8 nitrogen and oxygen atoms in total. The Morgan fingerprint density at radius 1 is 1.13 bits per heavy atom. The molecule has 4 aromatic rings. The Hall–Kier alpha value is -3.85. The number of nitrogens with zero attached hydrogens (tertiary/aromatic N) is 3. The molecule has 1 amide bonds. The molecule has 0 bridgehead atoms. The van der Waals surface area contributed by atoms with E-state index in [1.54, 1.807) is 30.3 Å². The van der Waals surface area contributed by atoms with Crippen molar-refractivity contribution in [2.24, 2.45) is 0 Å². The van der Waals surface area contributed by atoms with E-state index < -0.39 is 16.9 Å². The van der Waals surface area contributed by atoms with E-state index in [1.807, 2.05) is 13.8 Å². The number of nitro groups is 1. The number of hydrogen-bond acceptors (Lipinski definition) is 7. The number of amides is 1. The number of aromatic nitrogens is 1. The number of aryl methyl sites for hydroxylation is 2. The van der Waals surface area contributed by atoms with Crippen molar-refractivity contribution >= 4 is 39.0 Å². The molecule has 5 rings (SSSR count). The van der Waals surface area contributed by atoms with Crippen molar-refractivity contribution in [3.05, 3.63) is 96.3 Å². The summed E-state index contributed by atoms with van der Waals surface area (Å²) in [6.45, 7) is 3.73. The van der Waals surface area contributed by atoms with Crippen molar-refractivity contribution in [2.45, 2.75) is 19.9 Å². The van der Waals surface area contributed by atoms with Crippen LogP contribution in [-0.4, -0.2) is 15.8 Å². The van der Waals surface area contributed by atoms with Gasteiger partial charge in [-0.25, -0.2) is 4.98 Å². The maximum Gasteiger partial charge on any atom is 0.297 e. The van der Waals surface area contributed by atoms with Crippen LogP contribution in [0, 0.1) is 24.0 Å². The molecule has 0 saturated carbocycles. The van der Waals surface area contributed by atoms with Crippen molar-refractivity contribution < 1.29 is 14.1 Å². The van der Waals surface area contributed by atoms with Crippen LogP contribution < -0.4 is 10.3 Å². The van der Waals surface area contributed by atoms with E-state index in [4.69, 9.17) is 4.42 Å². The third-order valence-electron chi connectivity index (χ3n) is 5.40. The second-order valence-corrected chi connectivity index (χ2v) is 8.42. The van der Waals surface area contributed by atoms with Crippen molar-refractivity contribution in [3.63, 3.8) is 0 Å². The lowest BCUT2D eigenvalue weighted by Gasteiger charge is -2.22. The van der Waals surface area contributed by atoms with Gasteiger partial charge in [-0.1, -0.05) is 24.3 Å². The zero-order chi connectivity index (χ0) is 21.9. The molecular weight excluding hydrogens is 418 g/mol. The number of benzene rings is 2. The third-order valence-corrected chi connectivity index (χ3v) is 6.47. The summed E-state index contributed by atoms with van der Waals surface area (Å²) in [6, 6.07) is 11.8. The van der Waals surface area contributed by atoms with E-state index in [2.05, 4.69) is 4.98 Å². The van der Waals surface area contributed by atoms with Crippen molar-refractivity contribution in [1.82, 2.24) is 4.98 Å². The predicted octanol–water partition coefficient (Wildman–Crippen LogP) is 4.52. The molecular formula is C22H15N3O5S. The average Bonchev–Trinajstić information content (AvgIpc) is 3.24. The Morgan fingerprint density at radius 2 is 1.90 bits per heavy atom. The number of non-ortho nitro benzene ring substituents is 1. The van der Waals surface area contributed by atoms with Crippen molar-refractivity contribution in [1.29, 1.82) is 0 Å². The van der Waals surface area contributed by atoms with Gasteiger partial charge >= 0.3 is 0 Å². The van der Waals surface area contributed by atoms with Crippen LogP contribution in [0.5, 0.6) is 0 Å². The fraction of sp³-hybridized carbons (Fsp3) is 0.136. The highest BCUT2D eigenvalue weighted by atomic mass is 32.1. The summed E-state index contributed by atoms with van der Waals surface area (Å²) in [5.74, 6) is -0.561. The molecule has 0 spiro atoms. The minimum Gasteiger partial charge on any atom is -0.450 e. The molecule has 1 atom stereocenters. The summed E-state index contributed by atoms with van der Waals surface area (Å²) in [6.07, 6.45) is 0. The number of nitro benzene ring substituents is 1. The Bertz CT molecular complexity index is 1440. The third kappa shape index (κ3) is 2.85. The molecule has 1 aliphatic heterocycles. The Kier molecular flexibility index (Phi) is 4.23. The highest BCUT2D eigenvalue weighted by Gasteiger charge is 2.45. The van der Waals surface area contributed by atoms with Crippen LogP contribution in [0.2, 0.25) is 0 Å². The van der Waals surface area contributed by atoms with Crippen LogP contribution in [0.15, 0.2) is 57.7 Å². The first-order valence-corrected chi connectivity index (χ1v) is 10.3. The fourth-order valence-electron chi connectivity index (χ4n) is 3.80. The number of carbonyl (C=O) groups is 1. The Labute approximate surface area is 179 Å². The summed E-state index contributed by atoms with van der Waals surface area (Å²) < 4.78 is 5.87. The second-order valence-electron chi connectivity index (χ2n) is 7.24. The summed E-state index contributed by atoms with van der Waals surface area (Å²) in [4.78, 5) is 44.6. The van der Waals surface area contributed by atoms with Crippen molar-refractivity contribution in [3.8, 4) is 0 Å². The van der Waals surface area contributed by atoms with Gasteiger partial charge in [0.2, 0.25) is 5.76 Å². The smallest absolute Gasteiger partial charge is 0.297 e. The van der Waals surface area contributed by atoms with E-state index in [1.165, 1.54) is 34.4 Å². The van der Waals surface area contributed by atoms with Crippen LogP contribution in [-0.2, 0) is 0 Å². The normalized spacial score (nSPS) is 15.5. The number of para-hydroxylation sites is 1. The predicted molar refractivity (Wildman–Crippen MR) is 116 cm³/mol. The first kappa shape index (κ1) is 19.1. The monoisotopic (exact) mass is 433 g/mol. The van der Waals surface area contributed by atoms with E-state index in [-0.39, 0.29) is 22.4 Å². The second kappa shape index (κ2) is 6.85. The molecule has 9 heteroatoms. The average molecular weight is 433 g/mol. The summed E-state index contributed by atoms with van der Waals surface area (Å²) in [5.41, 5.74) is 1.21. The summed E-state index contributed by atoms with van der Waals surface area (Å²) >= 11 is 1.32. The van der Waals surface area contributed by atoms with Gasteiger partial charge in [0.1, 0.15) is 5.58 Å². The highest BCUT2D eigenvalue weighted by molar-refractivity contribution is 7.15. The standard InChI is InChI=1S/C22H15N3O5S/c1-11-12(2)31-22(23-11)24-18(13-6-5-7-14(10-13)25(28)29)17-19(26)15-8-3-4-9-16(15)30-20(17)21(24)27/h3-10,18H,1-2H3. The summed E-state index contributed by atoms with van der Waals surface area (Å²) in [5, 5.41) is 12.1. The first-order chi connectivity index (χ1) is 14.9. The molecule has 0 radical (unpaired) electrons. The van der Waals surface area contributed by atoms with Gasteiger partial charge in [0, 0.05) is 17.0 Å². The quantitative estimate of drug-likeness (QED) is 0.347. The molecule has 154 valence electrons. The number of carbonyl (C=O) groups excluding carboxylic acids is 1. The van der Waals surface area contributed by atoms with E-state index in [0.29, 0.717) is 21.7 Å². The summed E-state index contributed by atoms with van der Waals surface area (Å²) in [7, 11) is 0. The van der Waals surface area contributed by atoms with Crippen LogP contribution >= 0.6 is 11.3 Å². The van der Waals surface area contributed by atoms with Crippen LogP contribution in [0.1, 0.15) is 38.3 Å².